The minimum atomic E-state index is -1.09. The molecule has 2 aromatic rings. The van der Waals surface area contributed by atoms with Crippen LogP contribution in [0, 0.1) is 6.92 Å². The largest absolute Gasteiger partial charge is 0.508 e. The normalized spacial score (nSPS) is 10.2. The van der Waals surface area contributed by atoms with Crippen LogP contribution in [-0.4, -0.2) is 22.1 Å². The Kier molecular flexibility index (Phi) is 3.52. The van der Waals surface area contributed by atoms with Crippen LogP contribution in [0.15, 0.2) is 29.6 Å². The van der Waals surface area contributed by atoms with Crippen LogP contribution in [0.2, 0.25) is 0 Å². The lowest BCUT2D eigenvalue weighted by Crippen LogP contribution is -2.14. The molecule has 0 radical (unpaired) electrons. The number of anilines is 1. The summed E-state index contributed by atoms with van der Waals surface area (Å²) in [4.78, 5) is 23.1. The van der Waals surface area contributed by atoms with Gasteiger partial charge in [-0.3, -0.25) is 4.79 Å². The van der Waals surface area contributed by atoms with Crippen molar-refractivity contribution in [3.63, 3.8) is 0 Å². The van der Waals surface area contributed by atoms with Crippen molar-refractivity contribution in [3.05, 3.63) is 45.6 Å². The fraction of sp³-hybridized carbons (Fsp3) is 0.0769. The molecule has 0 aliphatic carbocycles. The molecular weight excluding hydrogens is 266 g/mol. The predicted molar refractivity (Wildman–Crippen MR) is 72.1 cm³/mol. The van der Waals surface area contributed by atoms with Crippen molar-refractivity contribution in [1.82, 2.24) is 0 Å². The Morgan fingerprint density at radius 2 is 2.00 bits per heavy atom. The maximum Gasteiger partial charge on any atom is 0.348 e. The number of benzene rings is 1. The van der Waals surface area contributed by atoms with E-state index in [2.05, 4.69) is 5.32 Å². The number of hydrogen-bond donors (Lipinski definition) is 3. The van der Waals surface area contributed by atoms with Gasteiger partial charge in [-0.05, 0) is 30.5 Å². The van der Waals surface area contributed by atoms with Gasteiger partial charge in [0.15, 0.2) is 0 Å². The maximum atomic E-state index is 12.0. The monoisotopic (exact) mass is 277 g/mol. The summed E-state index contributed by atoms with van der Waals surface area (Å²) >= 11 is 1.04. The lowest BCUT2D eigenvalue weighted by molar-refractivity contribution is 0.0703. The number of phenolic OH excluding ortho intramolecular Hbond substituents is 1. The SMILES string of the molecule is Cc1c(O)cccc1C(=O)Nc1ccsc1C(=O)O. The van der Waals surface area contributed by atoms with Gasteiger partial charge in [0.25, 0.3) is 5.91 Å². The smallest absolute Gasteiger partial charge is 0.348 e. The van der Waals surface area contributed by atoms with Crippen molar-refractivity contribution in [3.8, 4) is 5.75 Å². The van der Waals surface area contributed by atoms with Crippen LogP contribution in [-0.2, 0) is 0 Å². The van der Waals surface area contributed by atoms with Gasteiger partial charge < -0.3 is 15.5 Å². The number of nitrogens with one attached hydrogen (secondary N) is 1. The summed E-state index contributed by atoms with van der Waals surface area (Å²) < 4.78 is 0. The molecule has 1 heterocycles. The molecular formula is C13H11NO4S. The minimum absolute atomic E-state index is 0.0245. The van der Waals surface area contributed by atoms with Gasteiger partial charge in [0.2, 0.25) is 0 Å². The van der Waals surface area contributed by atoms with Crippen LogP contribution in [0.3, 0.4) is 0 Å². The van der Waals surface area contributed by atoms with E-state index in [4.69, 9.17) is 5.11 Å². The Hall–Kier alpha value is -2.34. The zero-order chi connectivity index (χ0) is 14.0. The van der Waals surface area contributed by atoms with Crippen molar-refractivity contribution in [1.29, 1.82) is 0 Å². The molecule has 3 N–H and O–H groups in total. The second-order valence-electron chi connectivity index (χ2n) is 3.87. The van der Waals surface area contributed by atoms with Crippen molar-refractivity contribution in [2.45, 2.75) is 6.92 Å². The first kappa shape index (κ1) is 13.1. The Bertz CT molecular complexity index is 648. The van der Waals surface area contributed by atoms with Crippen LogP contribution in [0.4, 0.5) is 5.69 Å². The molecule has 0 spiro atoms. The van der Waals surface area contributed by atoms with Gasteiger partial charge in [-0.2, -0.15) is 0 Å². The van der Waals surface area contributed by atoms with E-state index in [1.807, 2.05) is 0 Å². The molecule has 98 valence electrons. The maximum absolute atomic E-state index is 12.0. The molecule has 5 nitrogen and oxygen atoms in total. The molecule has 0 unspecified atom stereocenters. The molecule has 2 rings (SSSR count). The number of carbonyl (C=O) groups excluding carboxylic acids is 1. The molecule has 1 amide bonds. The summed E-state index contributed by atoms with van der Waals surface area (Å²) in [6.07, 6.45) is 0. The summed E-state index contributed by atoms with van der Waals surface area (Å²) in [6.45, 7) is 1.62. The molecule has 0 aliphatic rings. The van der Waals surface area contributed by atoms with E-state index in [9.17, 15) is 14.7 Å². The topological polar surface area (TPSA) is 86.6 Å². The molecule has 0 atom stereocenters. The Morgan fingerprint density at radius 3 is 2.68 bits per heavy atom. The van der Waals surface area contributed by atoms with Crippen molar-refractivity contribution in [2.24, 2.45) is 0 Å². The van der Waals surface area contributed by atoms with Gasteiger partial charge in [0.1, 0.15) is 10.6 Å². The summed E-state index contributed by atoms with van der Waals surface area (Å²) in [5, 5.41) is 22.6. The first-order chi connectivity index (χ1) is 9.00. The van der Waals surface area contributed by atoms with Crippen LogP contribution in [0.1, 0.15) is 25.6 Å². The van der Waals surface area contributed by atoms with E-state index in [-0.39, 0.29) is 16.3 Å². The average molecular weight is 277 g/mol. The Balaban J connectivity index is 2.29. The number of carboxylic acid groups (broad SMARTS) is 1. The molecule has 1 aromatic carbocycles. The minimum Gasteiger partial charge on any atom is -0.508 e. The second kappa shape index (κ2) is 5.11. The fourth-order valence-corrected chi connectivity index (χ4v) is 2.32. The summed E-state index contributed by atoms with van der Waals surface area (Å²) in [5.41, 5.74) is 1.01. The summed E-state index contributed by atoms with van der Waals surface area (Å²) in [7, 11) is 0. The number of hydrogen-bond acceptors (Lipinski definition) is 4. The number of amides is 1. The number of phenols is 1. The predicted octanol–water partition coefficient (Wildman–Crippen LogP) is 2.71. The second-order valence-corrected chi connectivity index (χ2v) is 4.79. The third-order valence-electron chi connectivity index (χ3n) is 2.66. The van der Waals surface area contributed by atoms with Crippen LogP contribution in [0.5, 0.6) is 5.75 Å². The number of carboxylic acids is 1. The number of rotatable bonds is 3. The molecule has 0 fully saturated rings. The fourth-order valence-electron chi connectivity index (χ4n) is 1.63. The van der Waals surface area contributed by atoms with E-state index < -0.39 is 11.9 Å². The standard InChI is InChI=1S/C13H11NO4S/c1-7-8(3-2-4-10(7)15)12(16)14-9-5-6-19-11(9)13(17)18/h2-6,15H,1H3,(H,14,16)(H,17,18). The van der Waals surface area contributed by atoms with Crippen LogP contribution >= 0.6 is 11.3 Å². The van der Waals surface area contributed by atoms with Crippen molar-refractivity contribution in [2.75, 3.05) is 5.32 Å². The molecule has 0 saturated carbocycles. The van der Waals surface area contributed by atoms with E-state index in [0.29, 0.717) is 11.1 Å². The van der Waals surface area contributed by atoms with Gasteiger partial charge in [-0.1, -0.05) is 6.07 Å². The quantitative estimate of drug-likeness (QED) is 0.805. The van der Waals surface area contributed by atoms with Gasteiger partial charge in [0.05, 0.1) is 5.69 Å². The molecule has 6 heteroatoms. The highest BCUT2D eigenvalue weighted by Gasteiger charge is 2.16. The highest BCUT2D eigenvalue weighted by atomic mass is 32.1. The first-order valence-electron chi connectivity index (χ1n) is 5.41. The number of carbonyl (C=O) groups is 2. The highest BCUT2D eigenvalue weighted by molar-refractivity contribution is 7.12. The summed E-state index contributed by atoms with van der Waals surface area (Å²) in [6, 6.07) is 6.14. The Morgan fingerprint density at radius 1 is 1.26 bits per heavy atom. The molecule has 0 aliphatic heterocycles. The van der Waals surface area contributed by atoms with Gasteiger partial charge in [0, 0.05) is 11.1 Å². The Labute approximate surface area is 113 Å². The van der Waals surface area contributed by atoms with Crippen LogP contribution in [0.25, 0.3) is 0 Å². The van der Waals surface area contributed by atoms with Crippen molar-refractivity contribution < 1.29 is 19.8 Å². The lowest BCUT2D eigenvalue weighted by atomic mass is 10.1. The third kappa shape index (κ3) is 2.58. The van der Waals surface area contributed by atoms with E-state index >= 15 is 0 Å². The summed E-state index contributed by atoms with van der Waals surface area (Å²) in [5.74, 6) is -1.51. The van der Waals surface area contributed by atoms with E-state index in [1.54, 1.807) is 24.4 Å². The van der Waals surface area contributed by atoms with E-state index in [0.717, 1.165) is 11.3 Å². The number of aromatic hydroxyl groups is 1. The van der Waals surface area contributed by atoms with Crippen LogP contribution < -0.4 is 5.32 Å². The highest BCUT2D eigenvalue weighted by Crippen LogP contribution is 2.25. The van der Waals surface area contributed by atoms with Gasteiger partial charge in [-0.25, -0.2) is 4.79 Å². The van der Waals surface area contributed by atoms with Gasteiger partial charge in [-0.15, -0.1) is 11.3 Å². The molecule has 1 aromatic heterocycles. The van der Waals surface area contributed by atoms with Crippen molar-refractivity contribution >= 4 is 28.9 Å². The third-order valence-corrected chi connectivity index (χ3v) is 3.56. The first-order valence-corrected chi connectivity index (χ1v) is 6.29. The zero-order valence-corrected chi connectivity index (χ0v) is 10.8. The molecule has 0 saturated heterocycles. The van der Waals surface area contributed by atoms with E-state index in [1.165, 1.54) is 12.1 Å². The number of aromatic carboxylic acids is 1. The lowest BCUT2D eigenvalue weighted by Gasteiger charge is -2.08. The molecule has 19 heavy (non-hydrogen) atoms. The number of thiophene rings is 1. The average Bonchev–Trinajstić information content (AvgIpc) is 2.80. The zero-order valence-electron chi connectivity index (χ0n) is 10.0. The van der Waals surface area contributed by atoms with Gasteiger partial charge >= 0.3 is 5.97 Å². The molecule has 0 bridgehead atoms.